The summed E-state index contributed by atoms with van der Waals surface area (Å²) in [6, 6.07) is 24.5. The fourth-order valence-electron chi connectivity index (χ4n) is 3.18. The van der Waals surface area contributed by atoms with E-state index >= 15 is 0 Å². The van der Waals surface area contributed by atoms with E-state index in [0.29, 0.717) is 39.5 Å². The monoisotopic (exact) mass is 519 g/mol. The zero-order valence-corrected chi connectivity index (χ0v) is 20.7. The lowest BCUT2D eigenvalue weighted by atomic mass is 10.1. The molecule has 0 radical (unpaired) electrons. The van der Waals surface area contributed by atoms with Crippen molar-refractivity contribution in [3.63, 3.8) is 0 Å². The Labute approximate surface area is 217 Å². The Morgan fingerprint density at radius 1 is 1.03 bits per heavy atom. The third kappa shape index (κ3) is 6.93. The maximum atomic E-state index is 12.6. The lowest BCUT2D eigenvalue weighted by molar-refractivity contribution is -0.112. The average molecular weight is 520 g/mol. The van der Waals surface area contributed by atoms with E-state index in [0.717, 1.165) is 16.0 Å². The van der Waals surface area contributed by atoms with Gasteiger partial charge in [0, 0.05) is 17.5 Å². The van der Waals surface area contributed by atoms with E-state index in [1.54, 1.807) is 42.6 Å². The Hall–Kier alpha value is -3.63. The van der Waals surface area contributed by atoms with Crippen LogP contribution in [0, 0.1) is 11.3 Å². The summed E-state index contributed by atoms with van der Waals surface area (Å²) in [5.74, 6) is 0.179. The van der Waals surface area contributed by atoms with Gasteiger partial charge in [-0.1, -0.05) is 71.7 Å². The molecule has 0 bridgehead atoms. The van der Waals surface area contributed by atoms with Crippen molar-refractivity contribution >= 4 is 51.7 Å². The Kier molecular flexibility index (Phi) is 8.17. The summed E-state index contributed by atoms with van der Waals surface area (Å²) in [5.41, 5.74) is 2.74. The van der Waals surface area contributed by atoms with Gasteiger partial charge in [0.2, 0.25) is 0 Å². The lowest BCUT2D eigenvalue weighted by Crippen LogP contribution is -2.13. The van der Waals surface area contributed by atoms with Gasteiger partial charge in [-0.3, -0.25) is 10.1 Å². The number of hydrogen-bond donors (Lipinski definition) is 1. The number of aromatic nitrogens is 1. The van der Waals surface area contributed by atoms with E-state index in [1.807, 2.05) is 42.5 Å². The predicted octanol–water partition coefficient (Wildman–Crippen LogP) is 7.17. The van der Waals surface area contributed by atoms with Crippen LogP contribution in [0.15, 0.2) is 84.6 Å². The summed E-state index contributed by atoms with van der Waals surface area (Å²) in [4.78, 5) is 17.8. The van der Waals surface area contributed by atoms with Crippen LogP contribution < -0.4 is 10.1 Å². The number of anilines is 1. The first-order chi connectivity index (χ1) is 17.0. The van der Waals surface area contributed by atoms with Gasteiger partial charge in [0.15, 0.2) is 5.13 Å². The van der Waals surface area contributed by atoms with Crippen LogP contribution in [0.4, 0.5) is 5.13 Å². The molecule has 4 aromatic rings. The van der Waals surface area contributed by atoms with Crippen LogP contribution in [0.2, 0.25) is 10.0 Å². The van der Waals surface area contributed by atoms with Gasteiger partial charge in [0.05, 0.1) is 10.0 Å². The van der Waals surface area contributed by atoms with Crippen molar-refractivity contribution in [3.05, 3.63) is 116 Å². The SMILES string of the molecule is N#C/C(=C\c1ccc(OCc2ccccc2)cc1)C(=O)Nc1ncc(Cc2ccc(Cl)c(Cl)c2)s1. The van der Waals surface area contributed by atoms with Crippen LogP contribution in [0.25, 0.3) is 6.08 Å². The van der Waals surface area contributed by atoms with Gasteiger partial charge in [-0.15, -0.1) is 11.3 Å². The van der Waals surface area contributed by atoms with E-state index < -0.39 is 5.91 Å². The van der Waals surface area contributed by atoms with Gasteiger partial charge >= 0.3 is 0 Å². The molecule has 0 saturated carbocycles. The minimum atomic E-state index is -0.521. The first kappa shape index (κ1) is 24.5. The number of carbonyl (C=O) groups is 1. The first-order valence-electron chi connectivity index (χ1n) is 10.6. The van der Waals surface area contributed by atoms with E-state index in [2.05, 4.69) is 10.3 Å². The number of carbonyl (C=O) groups excluding carboxylic acids is 1. The highest BCUT2D eigenvalue weighted by Gasteiger charge is 2.13. The maximum Gasteiger partial charge on any atom is 0.268 e. The molecule has 0 aliphatic carbocycles. The molecule has 4 rings (SSSR count). The largest absolute Gasteiger partial charge is 0.489 e. The molecule has 1 heterocycles. The number of nitrogens with zero attached hydrogens (tertiary/aromatic N) is 2. The zero-order valence-electron chi connectivity index (χ0n) is 18.4. The standard InChI is InChI=1S/C27H19Cl2N3O2S/c28-24-11-8-20(14-25(24)29)13-23-16-31-27(35-23)32-26(33)21(15-30)12-18-6-9-22(10-7-18)34-17-19-4-2-1-3-5-19/h1-12,14,16H,13,17H2,(H,31,32,33)/b21-12+. The third-order valence-corrected chi connectivity index (χ3v) is 6.59. The fraction of sp³-hybridized carbons (Fsp3) is 0.0741. The molecule has 1 amide bonds. The molecule has 0 spiro atoms. The first-order valence-corrected chi connectivity index (χ1v) is 12.2. The molecule has 1 N–H and O–H groups in total. The molecule has 1 aromatic heterocycles. The summed E-state index contributed by atoms with van der Waals surface area (Å²) < 4.78 is 5.78. The molecular weight excluding hydrogens is 501 g/mol. The lowest BCUT2D eigenvalue weighted by Gasteiger charge is -2.06. The molecule has 0 fully saturated rings. The van der Waals surface area contributed by atoms with Gasteiger partial charge in [0.25, 0.3) is 5.91 Å². The second-order valence-electron chi connectivity index (χ2n) is 7.52. The van der Waals surface area contributed by atoms with E-state index in [4.69, 9.17) is 27.9 Å². The van der Waals surface area contributed by atoms with Crippen molar-refractivity contribution in [1.82, 2.24) is 4.98 Å². The molecule has 0 saturated heterocycles. The summed E-state index contributed by atoms with van der Waals surface area (Å²) >= 11 is 13.4. The van der Waals surface area contributed by atoms with Crippen molar-refractivity contribution in [1.29, 1.82) is 5.26 Å². The van der Waals surface area contributed by atoms with E-state index in [9.17, 15) is 10.1 Å². The predicted molar refractivity (Wildman–Crippen MR) is 141 cm³/mol. The minimum absolute atomic E-state index is 0.0239. The van der Waals surface area contributed by atoms with Crippen LogP contribution in [-0.2, 0) is 17.8 Å². The van der Waals surface area contributed by atoms with Crippen molar-refractivity contribution < 1.29 is 9.53 Å². The van der Waals surface area contributed by atoms with Crippen molar-refractivity contribution in [3.8, 4) is 11.8 Å². The summed E-state index contributed by atoms with van der Waals surface area (Å²) in [5, 5.41) is 13.6. The molecule has 35 heavy (non-hydrogen) atoms. The quantitative estimate of drug-likeness (QED) is 0.198. The molecule has 8 heteroatoms. The summed E-state index contributed by atoms with van der Waals surface area (Å²) in [6.07, 6.45) is 3.82. The van der Waals surface area contributed by atoms with Crippen LogP contribution in [0.3, 0.4) is 0 Å². The molecule has 0 unspecified atom stereocenters. The van der Waals surface area contributed by atoms with Gasteiger partial charge < -0.3 is 4.74 Å². The number of rotatable bonds is 8. The highest BCUT2D eigenvalue weighted by atomic mass is 35.5. The number of halogens is 2. The van der Waals surface area contributed by atoms with Gasteiger partial charge in [0.1, 0.15) is 24.0 Å². The Morgan fingerprint density at radius 2 is 1.80 bits per heavy atom. The van der Waals surface area contributed by atoms with Crippen LogP contribution in [0.5, 0.6) is 5.75 Å². The van der Waals surface area contributed by atoms with Crippen LogP contribution in [0.1, 0.15) is 21.6 Å². The molecule has 0 atom stereocenters. The maximum absolute atomic E-state index is 12.6. The zero-order chi connectivity index (χ0) is 24.6. The number of ether oxygens (including phenoxy) is 1. The molecule has 0 aliphatic rings. The van der Waals surface area contributed by atoms with Crippen LogP contribution >= 0.6 is 34.5 Å². The normalized spacial score (nSPS) is 11.1. The number of benzene rings is 3. The molecule has 3 aromatic carbocycles. The second-order valence-corrected chi connectivity index (χ2v) is 9.45. The molecular formula is C27H19Cl2N3O2S. The van der Waals surface area contributed by atoms with Crippen molar-refractivity contribution in [2.24, 2.45) is 0 Å². The number of amides is 1. The second kappa shape index (κ2) is 11.7. The highest BCUT2D eigenvalue weighted by Crippen LogP contribution is 2.26. The van der Waals surface area contributed by atoms with Crippen LogP contribution in [-0.4, -0.2) is 10.9 Å². The summed E-state index contributed by atoms with van der Waals surface area (Å²) in [6.45, 7) is 0.461. The van der Waals surface area contributed by atoms with Crippen molar-refractivity contribution in [2.45, 2.75) is 13.0 Å². The average Bonchev–Trinajstić information content (AvgIpc) is 3.31. The molecule has 5 nitrogen and oxygen atoms in total. The Bertz CT molecular complexity index is 1390. The van der Waals surface area contributed by atoms with Gasteiger partial charge in [-0.05, 0) is 47.0 Å². The number of thiazole rings is 1. The molecule has 174 valence electrons. The smallest absolute Gasteiger partial charge is 0.268 e. The van der Waals surface area contributed by atoms with E-state index in [-0.39, 0.29) is 5.57 Å². The number of nitriles is 1. The Balaban J connectivity index is 1.36. The third-order valence-electron chi connectivity index (χ3n) is 4.94. The number of hydrogen-bond acceptors (Lipinski definition) is 5. The Morgan fingerprint density at radius 3 is 2.51 bits per heavy atom. The minimum Gasteiger partial charge on any atom is -0.489 e. The topological polar surface area (TPSA) is 75.0 Å². The van der Waals surface area contributed by atoms with Gasteiger partial charge in [-0.2, -0.15) is 5.26 Å². The fourth-order valence-corrected chi connectivity index (χ4v) is 4.34. The summed E-state index contributed by atoms with van der Waals surface area (Å²) in [7, 11) is 0. The molecule has 0 aliphatic heterocycles. The van der Waals surface area contributed by atoms with Crippen molar-refractivity contribution in [2.75, 3.05) is 5.32 Å². The van der Waals surface area contributed by atoms with Gasteiger partial charge in [-0.25, -0.2) is 4.98 Å². The highest BCUT2D eigenvalue weighted by molar-refractivity contribution is 7.15. The van der Waals surface area contributed by atoms with E-state index in [1.165, 1.54) is 17.4 Å². The number of nitrogens with one attached hydrogen (secondary N) is 1.